The number of halogens is 2. The Morgan fingerprint density at radius 2 is 1.56 bits per heavy atom. The molecular formula is C14H14F2N4O5S2. The fourth-order valence-corrected chi connectivity index (χ4v) is 3.15. The minimum Gasteiger partial charge on any atom is -0.307 e. The smallest absolute Gasteiger partial charge is 0.307 e. The number of carbonyl (C=O) groups is 1. The Morgan fingerprint density at radius 1 is 0.926 bits per heavy atom. The van der Waals surface area contributed by atoms with Crippen molar-refractivity contribution in [2.45, 2.75) is 15.5 Å². The number of nitrogens with two attached hydrogens (primary N) is 1. The molecule has 0 saturated carbocycles. The number of hydrazine groups is 1. The first-order valence-corrected chi connectivity index (χ1v) is 10.2. The van der Waals surface area contributed by atoms with E-state index >= 15 is 0 Å². The molecule has 0 aliphatic heterocycles. The second-order valence-electron chi connectivity index (χ2n) is 5.11. The van der Waals surface area contributed by atoms with E-state index in [0.717, 1.165) is 18.2 Å². The molecular weight excluding hydrogens is 406 g/mol. The van der Waals surface area contributed by atoms with Crippen molar-refractivity contribution < 1.29 is 30.4 Å². The molecule has 2 rings (SSSR count). The predicted molar refractivity (Wildman–Crippen MR) is 93.2 cm³/mol. The molecule has 0 bridgehead atoms. The van der Waals surface area contributed by atoms with Crippen molar-refractivity contribution in [3.8, 4) is 0 Å². The summed E-state index contributed by atoms with van der Waals surface area (Å²) in [7, 11) is -8.63. The molecule has 5 N–H and O–H groups in total. The molecule has 2 aromatic rings. The van der Waals surface area contributed by atoms with E-state index in [1.54, 1.807) is 0 Å². The lowest BCUT2D eigenvalue weighted by molar-refractivity contribution is 0.234. The molecule has 0 aliphatic carbocycles. The van der Waals surface area contributed by atoms with Crippen LogP contribution in [-0.4, -0.2) is 28.6 Å². The van der Waals surface area contributed by atoms with E-state index in [0.29, 0.717) is 0 Å². The van der Waals surface area contributed by atoms with Crippen LogP contribution in [0.15, 0.2) is 58.3 Å². The summed E-state index contributed by atoms with van der Waals surface area (Å²) in [4.78, 5) is 11.0. The summed E-state index contributed by atoms with van der Waals surface area (Å²) in [5.41, 5.74) is 5.01. The zero-order valence-electron chi connectivity index (χ0n) is 13.4. The topological polar surface area (TPSA) is 147 Å². The van der Waals surface area contributed by atoms with Crippen LogP contribution in [0.3, 0.4) is 0 Å². The highest BCUT2D eigenvalue weighted by atomic mass is 32.2. The Bertz CT molecular complexity index is 1040. The molecule has 146 valence electrons. The molecule has 13 heteroatoms. The van der Waals surface area contributed by atoms with Gasteiger partial charge in [0.2, 0.25) is 19.9 Å². The lowest BCUT2D eigenvalue weighted by Crippen LogP contribution is -2.33. The fraction of sp³-hybridized carbons (Fsp3) is 0.0714. The number of primary sulfonamides is 1. The Hall–Kier alpha value is -2.77. The van der Waals surface area contributed by atoms with Gasteiger partial charge in [0.25, 0.3) is 0 Å². The summed E-state index contributed by atoms with van der Waals surface area (Å²) < 4.78 is 70.1. The highest BCUT2D eigenvalue weighted by Gasteiger charge is 2.26. The van der Waals surface area contributed by atoms with Gasteiger partial charge in [0, 0.05) is 5.69 Å². The van der Waals surface area contributed by atoms with Crippen LogP contribution in [0.2, 0.25) is 0 Å². The van der Waals surface area contributed by atoms with Gasteiger partial charge in [-0.15, -0.1) is 0 Å². The summed E-state index contributed by atoms with van der Waals surface area (Å²) in [6, 6.07) is 8.71. The number of sulfonamides is 1. The zero-order chi connectivity index (χ0) is 20.2. The van der Waals surface area contributed by atoms with Crippen LogP contribution >= 0.6 is 0 Å². The Labute approximate surface area is 153 Å². The molecule has 0 radical (unpaired) electrons. The van der Waals surface area contributed by atoms with Crippen LogP contribution in [0, 0.1) is 0 Å². The Morgan fingerprint density at radius 3 is 2.11 bits per heavy atom. The third-order valence-electron chi connectivity index (χ3n) is 3.16. The lowest BCUT2D eigenvalue weighted by atomic mass is 10.3. The zero-order valence-corrected chi connectivity index (χ0v) is 15.0. The first kappa shape index (κ1) is 20.5. The number of benzene rings is 2. The molecule has 0 atom stereocenters. The summed E-state index contributed by atoms with van der Waals surface area (Å²) in [6.45, 7) is 0. The number of nitrogens with one attached hydrogen (secondary N) is 3. The number of hydrogen-bond acceptors (Lipinski definition) is 6. The number of carbonyl (C=O) groups excluding carboxylic acids is 1. The summed E-state index contributed by atoms with van der Waals surface area (Å²) in [5.74, 6) is -3.53. The van der Waals surface area contributed by atoms with Gasteiger partial charge in [0.05, 0.1) is 15.5 Å². The van der Waals surface area contributed by atoms with Gasteiger partial charge in [-0.1, -0.05) is 6.07 Å². The third-order valence-corrected chi connectivity index (χ3v) is 5.47. The van der Waals surface area contributed by atoms with Crippen LogP contribution in [0.4, 0.5) is 25.0 Å². The quantitative estimate of drug-likeness (QED) is 0.521. The highest BCUT2D eigenvalue weighted by molar-refractivity contribution is 7.91. The monoisotopic (exact) mass is 420 g/mol. The number of amides is 2. The molecule has 0 saturated heterocycles. The number of hydrogen-bond donors (Lipinski definition) is 4. The molecule has 27 heavy (non-hydrogen) atoms. The highest BCUT2D eigenvalue weighted by Crippen LogP contribution is 2.20. The summed E-state index contributed by atoms with van der Waals surface area (Å²) in [5, 5.41) is 7.34. The van der Waals surface area contributed by atoms with Gasteiger partial charge < -0.3 is 5.32 Å². The maximum Gasteiger partial charge on any atom is 0.341 e. The normalized spacial score (nSPS) is 11.9. The summed E-state index contributed by atoms with van der Waals surface area (Å²) in [6.07, 6.45) is 0. The molecule has 9 nitrogen and oxygen atoms in total. The number of rotatable bonds is 6. The van der Waals surface area contributed by atoms with Crippen LogP contribution in [0.5, 0.6) is 0 Å². The molecule has 2 aromatic carbocycles. The second-order valence-corrected chi connectivity index (χ2v) is 8.59. The van der Waals surface area contributed by atoms with Crippen molar-refractivity contribution >= 4 is 37.3 Å². The van der Waals surface area contributed by atoms with E-state index in [2.05, 4.69) is 16.2 Å². The molecule has 0 spiro atoms. The molecule has 0 aromatic heterocycles. The maximum absolute atomic E-state index is 12.4. The van der Waals surface area contributed by atoms with Gasteiger partial charge in [0.15, 0.2) is 0 Å². The van der Waals surface area contributed by atoms with Gasteiger partial charge in [0.1, 0.15) is 0 Å². The molecule has 0 unspecified atom stereocenters. The standard InChI is InChI=1S/C14H14F2N4O5S2/c15-13(16)26(22,23)11-6-4-9(5-7-11)19-20-14(21)18-10-2-1-3-12(8-10)27(17,24)25/h1-8,13,19H,(H2,17,24,25)(H2,18,20,21). The van der Waals surface area contributed by atoms with Crippen LogP contribution in [0.1, 0.15) is 0 Å². The van der Waals surface area contributed by atoms with E-state index in [9.17, 15) is 30.4 Å². The van der Waals surface area contributed by atoms with Crippen molar-refractivity contribution in [1.82, 2.24) is 5.43 Å². The average Bonchev–Trinajstić information content (AvgIpc) is 2.59. The Kier molecular flexibility index (Phi) is 5.98. The van der Waals surface area contributed by atoms with Crippen molar-refractivity contribution in [1.29, 1.82) is 0 Å². The van der Waals surface area contributed by atoms with Gasteiger partial charge >= 0.3 is 11.8 Å². The average molecular weight is 420 g/mol. The molecule has 0 heterocycles. The van der Waals surface area contributed by atoms with Crippen molar-refractivity contribution in [3.05, 3.63) is 48.5 Å². The van der Waals surface area contributed by atoms with Crippen molar-refractivity contribution in [3.63, 3.8) is 0 Å². The van der Waals surface area contributed by atoms with Crippen molar-refractivity contribution in [2.24, 2.45) is 5.14 Å². The van der Waals surface area contributed by atoms with E-state index in [4.69, 9.17) is 5.14 Å². The van der Waals surface area contributed by atoms with Crippen LogP contribution in [-0.2, 0) is 19.9 Å². The molecule has 0 fully saturated rings. The van der Waals surface area contributed by atoms with Gasteiger partial charge in [-0.2, -0.15) is 8.78 Å². The SMILES string of the molecule is NS(=O)(=O)c1cccc(NC(=O)NNc2ccc(S(=O)(=O)C(F)F)cc2)c1. The molecule has 2 amide bonds. The fourth-order valence-electron chi connectivity index (χ4n) is 1.87. The minimum atomic E-state index is -4.70. The van der Waals surface area contributed by atoms with Crippen molar-refractivity contribution in [2.75, 3.05) is 10.7 Å². The largest absolute Gasteiger partial charge is 0.341 e. The van der Waals surface area contributed by atoms with Gasteiger partial charge in [-0.05, 0) is 42.5 Å². The first-order valence-electron chi connectivity index (χ1n) is 7.08. The van der Waals surface area contributed by atoms with Crippen LogP contribution in [0.25, 0.3) is 0 Å². The first-order chi connectivity index (χ1) is 12.5. The van der Waals surface area contributed by atoms with E-state index in [1.165, 1.54) is 30.3 Å². The van der Waals surface area contributed by atoms with E-state index < -0.39 is 36.5 Å². The minimum absolute atomic E-state index is 0.152. The molecule has 0 aliphatic rings. The summed E-state index contributed by atoms with van der Waals surface area (Å²) >= 11 is 0. The lowest BCUT2D eigenvalue weighted by Gasteiger charge is -2.11. The van der Waals surface area contributed by atoms with E-state index in [1.807, 2.05) is 0 Å². The van der Waals surface area contributed by atoms with Crippen LogP contribution < -0.4 is 21.3 Å². The van der Waals surface area contributed by atoms with E-state index in [-0.39, 0.29) is 16.3 Å². The number of anilines is 2. The second kappa shape index (κ2) is 7.85. The maximum atomic E-state index is 12.4. The number of sulfone groups is 1. The Balaban J connectivity index is 1.98. The third kappa shape index (κ3) is 5.35. The number of alkyl halides is 2. The van der Waals surface area contributed by atoms with Gasteiger partial charge in [-0.3, -0.25) is 10.9 Å². The van der Waals surface area contributed by atoms with Gasteiger partial charge in [-0.25, -0.2) is 26.8 Å². The predicted octanol–water partition coefficient (Wildman–Crippen LogP) is 1.48. The number of urea groups is 1.